The van der Waals surface area contributed by atoms with Crippen molar-refractivity contribution < 1.29 is 19.4 Å². The van der Waals surface area contributed by atoms with E-state index in [0.717, 1.165) is 0 Å². The Hall–Kier alpha value is -1.36. The zero-order chi connectivity index (χ0) is 9.84. The highest BCUT2D eigenvalue weighted by Gasteiger charge is 2.28. The number of aliphatic hydroxyl groups excluding tert-OH is 1. The molecule has 1 atom stereocenters. The topological polar surface area (TPSA) is 66.8 Å². The molecule has 5 heteroatoms. The van der Waals surface area contributed by atoms with Gasteiger partial charge in [0, 0.05) is 6.20 Å². The highest BCUT2D eigenvalue weighted by molar-refractivity contribution is 5.87. The first-order valence-electron chi connectivity index (χ1n) is 3.90. The first-order valence-corrected chi connectivity index (χ1v) is 3.90. The Labute approximate surface area is 75.6 Å². The van der Waals surface area contributed by atoms with Crippen LogP contribution in [-0.4, -0.2) is 41.1 Å². The van der Waals surface area contributed by atoms with Gasteiger partial charge in [0.25, 0.3) is 0 Å². The third-order valence-corrected chi connectivity index (χ3v) is 1.60. The molecule has 1 amide bonds. The van der Waals surface area contributed by atoms with Gasteiger partial charge in [-0.3, -0.25) is 9.69 Å². The number of aliphatic hydroxyl groups is 1. The Kier molecular flexibility index (Phi) is 3.02. The molecular weight excluding hydrogens is 174 g/mol. The summed E-state index contributed by atoms with van der Waals surface area (Å²) < 4.78 is 4.73. The zero-order valence-corrected chi connectivity index (χ0v) is 7.27. The molecule has 13 heavy (non-hydrogen) atoms. The molecule has 0 aromatic carbocycles. The molecule has 0 spiro atoms. The smallest absolute Gasteiger partial charge is 0.414 e. The van der Waals surface area contributed by atoms with E-state index in [4.69, 9.17) is 9.84 Å². The van der Waals surface area contributed by atoms with Gasteiger partial charge in [0.15, 0.2) is 5.78 Å². The second-order valence-electron chi connectivity index (χ2n) is 2.77. The normalized spacial score (nSPS) is 22.5. The molecule has 0 aromatic heterocycles. The fourth-order valence-corrected chi connectivity index (χ4v) is 0.953. The molecule has 0 aromatic rings. The molecule has 1 aliphatic heterocycles. The van der Waals surface area contributed by atoms with E-state index in [-0.39, 0.29) is 12.4 Å². The van der Waals surface area contributed by atoms with Crippen molar-refractivity contribution in [2.24, 2.45) is 0 Å². The predicted octanol–water partition coefficient (Wildman–Crippen LogP) is -0.0978. The molecule has 0 radical (unpaired) electrons. The minimum Gasteiger partial charge on any atom is -0.441 e. The lowest BCUT2D eigenvalue weighted by molar-refractivity contribution is -0.112. The van der Waals surface area contributed by atoms with Gasteiger partial charge in [-0.25, -0.2) is 4.79 Å². The molecule has 5 nitrogen and oxygen atoms in total. The summed E-state index contributed by atoms with van der Waals surface area (Å²) in [6.07, 6.45) is 1.63. The maximum absolute atomic E-state index is 11.0. The monoisotopic (exact) mass is 185 g/mol. The number of ketones is 1. The second-order valence-corrected chi connectivity index (χ2v) is 2.77. The van der Waals surface area contributed by atoms with Gasteiger partial charge in [-0.05, 0) is 13.0 Å². The van der Waals surface area contributed by atoms with E-state index in [9.17, 15) is 9.59 Å². The molecule has 0 bridgehead atoms. The minimum absolute atomic E-state index is 0.139. The van der Waals surface area contributed by atoms with E-state index in [1.165, 1.54) is 24.1 Å². The number of ether oxygens (including phenoxy) is 1. The van der Waals surface area contributed by atoms with Crippen molar-refractivity contribution in [2.45, 2.75) is 13.0 Å². The molecule has 1 aliphatic rings. The standard InChI is InChI=1S/C8H11NO4/c1-6(11)2-3-9-4-7(5-10)13-8(9)12/h2-3,7,10H,4-5H2,1H3/b3-2+/t7-/m0/s1. The number of hydrogen-bond donors (Lipinski definition) is 1. The quantitative estimate of drug-likeness (QED) is 0.623. The highest BCUT2D eigenvalue weighted by Crippen LogP contribution is 2.10. The summed E-state index contributed by atoms with van der Waals surface area (Å²) in [4.78, 5) is 22.8. The summed E-state index contributed by atoms with van der Waals surface area (Å²) in [5, 5.41) is 8.68. The molecule has 1 saturated heterocycles. The first kappa shape index (κ1) is 9.73. The van der Waals surface area contributed by atoms with Crippen LogP contribution in [0.15, 0.2) is 12.3 Å². The number of rotatable bonds is 3. The number of amides is 1. The van der Waals surface area contributed by atoms with Gasteiger partial charge in [-0.15, -0.1) is 0 Å². The Bertz CT molecular complexity index is 249. The molecule has 1 N–H and O–H groups in total. The average molecular weight is 185 g/mol. The maximum atomic E-state index is 11.0. The number of allylic oxidation sites excluding steroid dienone is 1. The van der Waals surface area contributed by atoms with Crippen LogP contribution in [0.5, 0.6) is 0 Å². The van der Waals surface area contributed by atoms with Crippen LogP contribution < -0.4 is 0 Å². The van der Waals surface area contributed by atoms with Gasteiger partial charge in [0.05, 0.1) is 13.2 Å². The van der Waals surface area contributed by atoms with E-state index in [0.29, 0.717) is 6.54 Å². The van der Waals surface area contributed by atoms with E-state index in [1.54, 1.807) is 0 Å². The molecule has 1 rings (SSSR count). The van der Waals surface area contributed by atoms with E-state index in [2.05, 4.69) is 0 Å². The zero-order valence-electron chi connectivity index (χ0n) is 7.27. The van der Waals surface area contributed by atoms with Gasteiger partial charge in [0.1, 0.15) is 6.10 Å². The van der Waals surface area contributed by atoms with Crippen LogP contribution in [-0.2, 0) is 9.53 Å². The van der Waals surface area contributed by atoms with Crippen molar-refractivity contribution in [1.29, 1.82) is 0 Å². The number of cyclic esters (lactones) is 1. The molecule has 1 fully saturated rings. The number of carbonyl (C=O) groups is 2. The SMILES string of the molecule is CC(=O)/C=C/N1C[C@@H](CO)OC1=O. The summed E-state index contributed by atoms with van der Waals surface area (Å²) in [7, 11) is 0. The molecule has 1 heterocycles. The Morgan fingerprint density at radius 3 is 3.00 bits per heavy atom. The summed E-state index contributed by atoms with van der Waals surface area (Å²) in [5.41, 5.74) is 0. The van der Waals surface area contributed by atoms with Crippen LogP contribution in [0.3, 0.4) is 0 Å². The summed E-state index contributed by atoms with van der Waals surface area (Å²) >= 11 is 0. The van der Waals surface area contributed by atoms with Crippen LogP contribution in [0, 0.1) is 0 Å². The fourth-order valence-electron chi connectivity index (χ4n) is 0.953. The molecule has 0 saturated carbocycles. The third-order valence-electron chi connectivity index (χ3n) is 1.60. The van der Waals surface area contributed by atoms with Gasteiger partial charge in [0.2, 0.25) is 0 Å². The van der Waals surface area contributed by atoms with Crippen LogP contribution in [0.2, 0.25) is 0 Å². The minimum atomic E-state index is -0.531. The molecule has 0 unspecified atom stereocenters. The van der Waals surface area contributed by atoms with Crippen LogP contribution >= 0.6 is 0 Å². The second kappa shape index (κ2) is 4.04. The van der Waals surface area contributed by atoms with Gasteiger partial charge < -0.3 is 9.84 Å². The first-order chi connectivity index (χ1) is 6.13. The van der Waals surface area contributed by atoms with Crippen molar-refractivity contribution >= 4 is 11.9 Å². The molecule has 0 aliphatic carbocycles. The van der Waals surface area contributed by atoms with Crippen molar-refractivity contribution in [3.63, 3.8) is 0 Å². The summed E-state index contributed by atoms with van der Waals surface area (Å²) in [6, 6.07) is 0. The highest BCUT2D eigenvalue weighted by atomic mass is 16.6. The van der Waals surface area contributed by atoms with Crippen molar-refractivity contribution in [3.05, 3.63) is 12.3 Å². The van der Waals surface area contributed by atoms with Gasteiger partial charge >= 0.3 is 6.09 Å². The number of nitrogens with zero attached hydrogens (tertiary/aromatic N) is 1. The summed E-state index contributed by atoms with van der Waals surface area (Å²) in [5.74, 6) is -0.139. The number of hydrogen-bond acceptors (Lipinski definition) is 4. The van der Waals surface area contributed by atoms with E-state index in [1.807, 2.05) is 0 Å². The Morgan fingerprint density at radius 2 is 2.54 bits per heavy atom. The van der Waals surface area contributed by atoms with E-state index >= 15 is 0 Å². The van der Waals surface area contributed by atoms with Crippen molar-refractivity contribution in [2.75, 3.05) is 13.2 Å². The van der Waals surface area contributed by atoms with E-state index < -0.39 is 12.2 Å². The molecule has 72 valence electrons. The van der Waals surface area contributed by atoms with Crippen LogP contribution in [0.1, 0.15) is 6.92 Å². The van der Waals surface area contributed by atoms with Crippen LogP contribution in [0.25, 0.3) is 0 Å². The predicted molar refractivity (Wildman–Crippen MR) is 43.9 cm³/mol. The number of carbonyl (C=O) groups excluding carboxylic acids is 2. The summed E-state index contributed by atoms with van der Waals surface area (Å²) in [6.45, 7) is 1.48. The van der Waals surface area contributed by atoms with Crippen LogP contribution in [0.4, 0.5) is 4.79 Å². The lowest BCUT2D eigenvalue weighted by atomic mass is 10.3. The fraction of sp³-hybridized carbons (Fsp3) is 0.500. The lowest BCUT2D eigenvalue weighted by Crippen LogP contribution is -2.20. The largest absolute Gasteiger partial charge is 0.441 e. The Balaban J connectivity index is 2.53. The van der Waals surface area contributed by atoms with Crippen molar-refractivity contribution in [1.82, 2.24) is 4.90 Å². The van der Waals surface area contributed by atoms with Gasteiger partial charge in [-0.2, -0.15) is 0 Å². The van der Waals surface area contributed by atoms with Gasteiger partial charge in [-0.1, -0.05) is 0 Å². The Morgan fingerprint density at radius 1 is 1.85 bits per heavy atom. The lowest BCUT2D eigenvalue weighted by Gasteiger charge is -2.03. The third kappa shape index (κ3) is 2.55. The molecular formula is C8H11NO4. The maximum Gasteiger partial charge on any atom is 0.414 e. The average Bonchev–Trinajstić information content (AvgIpc) is 2.43. The van der Waals surface area contributed by atoms with Crippen molar-refractivity contribution in [3.8, 4) is 0 Å².